The minimum atomic E-state index is -0.965. The van der Waals surface area contributed by atoms with Gasteiger partial charge in [0.15, 0.2) is 0 Å². The molecule has 0 amide bonds. The van der Waals surface area contributed by atoms with Gasteiger partial charge >= 0.3 is 5.97 Å². The molecule has 0 radical (unpaired) electrons. The Hall–Kier alpha value is -2.27. The summed E-state index contributed by atoms with van der Waals surface area (Å²) in [4.78, 5) is 12.2. The van der Waals surface area contributed by atoms with Gasteiger partial charge in [0.05, 0.1) is 4.34 Å². The number of nitrogens with zero attached hydrogens (tertiary/aromatic N) is 1. The summed E-state index contributed by atoms with van der Waals surface area (Å²) < 4.78 is 2.47. The Morgan fingerprint density at radius 3 is 2.46 bits per heavy atom. The van der Waals surface area contributed by atoms with Crippen molar-refractivity contribution in [2.45, 2.75) is 6.54 Å². The van der Waals surface area contributed by atoms with E-state index in [1.807, 2.05) is 64.5 Å². The summed E-state index contributed by atoms with van der Waals surface area (Å²) in [6.07, 6.45) is 0. The van der Waals surface area contributed by atoms with Gasteiger partial charge in [0, 0.05) is 33.4 Å². The van der Waals surface area contributed by atoms with E-state index in [-0.39, 0.29) is 5.69 Å². The van der Waals surface area contributed by atoms with E-state index >= 15 is 0 Å². The number of hydrogen-bond acceptors (Lipinski definition) is 2. The molecule has 130 valence electrons. The molecule has 3 nitrogen and oxygen atoms in total. The lowest BCUT2D eigenvalue weighted by atomic mass is 10.1. The van der Waals surface area contributed by atoms with Gasteiger partial charge in [-0.25, -0.2) is 4.79 Å². The summed E-state index contributed by atoms with van der Waals surface area (Å²) in [6, 6.07) is 17.0. The molecule has 0 spiro atoms. The van der Waals surface area contributed by atoms with Crippen molar-refractivity contribution in [1.29, 1.82) is 0 Å². The summed E-state index contributed by atoms with van der Waals surface area (Å²) in [5.74, 6) is -0.965. The van der Waals surface area contributed by atoms with Crippen LogP contribution in [0.3, 0.4) is 0 Å². The first-order valence-electron chi connectivity index (χ1n) is 7.88. The molecule has 0 atom stereocenters. The third-order valence-electron chi connectivity index (χ3n) is 4.28. The Balaban J connectivity index is 1.98. The van der Waals surface area contributed by atoms with Gasteiger partial charge in [0.1, 0.15) is 5.69 Å². The van der Waals surface area contributed by atoms with Crippen molar-refractivity contribution in [3.63, 3.8) is 0 Å². The molecule has 2 heterocycles. The van der Waals surface area contributed by atoms with E-state index in [2.05, 4.69) is 0 Å². The van der Waals surface area contributed by atoms with Crippen LogP contribution in [0.1, 0.15) is 16.1 Å². The van der Waals surface area contributed by atoms with Crippen LogP contribution in [0, 0.1) is 0 Å². The van der Waals surface area contributed by atoms with Crippen LogP contribution < -0.4 is 0 Å². The molecule has 0 aliphatic rings. The van der Waals surface area contributed by atoms with Crippen LogP contribution in [0.2, 0.25) is 9.36 Å². The molecule has 0 unspecified atom stereocenters. The Bertz CT molecular complexity index is 1110. The highest BCUT2D eigenvalue weighted by Crippen LogP contribution is 2.38. The summed E-state index contributed by atoms with van der Waals surface area (Å²) in [6.45, 7) is 0.442. The second kappa shape index (κ2) is 6.80. The van der Waals surface area contributed by atoms with Crippen LogP contribution >= 0.6 is 34.5 Å². The third-order valence-corrected chi connectivity index (χ3v) is 5.63. The quantitative estimate of drug-likeness (QED) is 0.428. The second-order valence-electron chi connectivity index (χ2n) is 5.90. The van der Waals surface area contributed by atoms with Crippen molar-refractivity contribution in [2.75, 3.05) is 0 Å². The zero-order chi connectivity index (χ0) is 18.3. The molecular formula is C20H13Cl2NO2S. The van der Waals surface area contributed by atoms with Crippen molar-refractivity contribution >= 4 is 51.4 Å². The standard InChI is InChI=1S/C20H13Cl2NO2S/c21-14-7-5-12(6-8-14)10-23-16-4-2-1-3-15(16)18(19(23)20(24)25)13-9-17(22)26-11-13/h1-9,11H,10H2,(H,24,25). The summed E-state index contributed by atoms with van der Waals surface area (Å²) in [7, 11) is 0. The predicted molar refractivity (Wildman–Crippen MR) is 108 cm³/mol. The first kappa shape index (κ1) is 17.2. The topological polar surface area (TPSA) is 42.2 Å². The van der Waals surface area contributed by atoms with E-state index in [4.69, 9.17) is 23.2 Å². The van der Waals surface area contributed by atoms with E-state index in [1.165, 1.54) is 11.3 Å². The van der Waals surface area contributed by atoms with Gasteiger partial charge in [-0.2, -0.15) is 0 Å². The van der Waals surface area contributed by atoms with Gasteiger partial charge < -0.3 is 9.67 Å². The molecule has 0 aliphatic heterocycles. The molecule has 0 saturated heterocycles. The summed E-state index contributed by atoms with van der Waals surface area (Å²) >= 11 is 13.5. The van der Waals surface area contributed by atoms with Gasteiger partial charge in [-0.15, -0.1) is 11.3 Å². The molecule has 1 N–H and O–H groups in total. The number of fused-ring (bicyclic) bond motifs is 1. The Morgan fingerprint density at radius 1 is 1.08 bits per heavy atom. The van der Waals surface area contributed by atoms with Gasteiger partial charge in [-0.3, -0.25) is 0 Å². The Labute approximate surface area is 164 Å². The molecule has 26 heavy (non-hydrogen) atoms. The number of aromatic carboxylic acids is 1. The zero-order valence-electron chi connectivity index (χ0n) is 13.4. The van der Waals surface area contributed by atoms with Crippen molar-refractivity contribution < 1.29 is 9.90 Å². The van der Waals surface area contributed by atoms with Crippen LogP contribution in [0.15, 0.2) is 60.0 Å². The number of benzene rings is 2. The molecule has 2 aromatic carbocycles. The van der Waals surface area contributed by atoms with Crippen LogP contribution in [0.4, 0.5) is 0 Å². The highest BCUT2D eigenvalue weighted by Gasteiger charge is 2.24. The maximum atomic E-state index is 12.2. The fraction of sp³-hybridized carbons (Fsp3) is 0.0500. The fourth-order valence-electron chi connectivity index (χ4n) is 3.20. The van der Waals surface area contributed by atoms with E-state index in [9.17, 15) is 9.90 Å². The average Bonchev–Trinajstić information content (AvgIpc) is 3.18. The van der Waals surface area contributed by atoms with Crippen molar-refractivity contribution in [1.82, 2.24) is 4.57 Å². The van der Waals surface area contributed by atoms with E-state index in [1.54, 1.807) is 0 Å². The number of halogens is 2. The largest absolute Gasteiger partial charge is 0.477 e. The smallest absolute Gasteiger partial charge is 0.353 e. The van der Waals surface area contributed by atoms with Gasteiger partial charge in [-0.05, 0) is 35.4 Å². The monoisotopic (exact) mass is 401 g/mol. The van der Waals surface area contributed by atoms with Gasteiger partial charge in [0.2, 0.25) is 0 Å². The van der Waals surface area contributed by atoms with Crippen LogP contribution in [0.5, 0.6) is 0 Å². The zero-order valence-corrected chi connectivity index (χ0v) is 15.8. The maximum absolute atomic E-state index is 12.2. The van der Waals surface area contributed by atoms with Crippen LogP contribution in [-0.2, 0) is 6.54 Å². The van der Waals surface area contributed by atoms with E-state index in [0.29, 0.717) is 21.5 Å². The summed E-state index contributed by atoms with van der Waals surface area (Å²) in [5, 5.41) is 13.4. The highest BCUT2D eigenvalue weighted by atomic mass is 35.5. The molecule has 0 saturated carbocycles. The fourth-order valence-corrected chi connectivity index (χ4v) is 4.19. The Morgan fingerprint density at radius 2 is 1.81 bits per heavy atom. The molecule has 2 aromatic heterocycles. The number of thiophene rings is 1. The third kappa shape index (κ3) is 3.01. The number of carbonyl (C=O) groups is 1. The van der Waals surface area contributed by atoms with E-state index < -0.39 is 5.97 Å². The molecule has 0 fully saturated rings. The number of rotatable bonds is 4. The SMILES string of the molecule is O=C(O)c1c(-c2csc(Cl)c2)c2ccccc2n1Cc1ccc(Cl)cc1. The van der Waals surface area contributed by atoms with Crippen molar-refractivity contribution in [3.8, 4) is 11.1 Å². The number of aromatic nitrogens is 1. The molecule has 0 aliphatic carbocycles. The molecule has 6 heteroatoms. The normalized spacial score (nSPS) is 11.2. The number of carboxylic acids is 1. The summed E-state index contributed by atoms with van der Waals surface area (Å²) in [5.41, 5.74) is 3.63. The van der Waals surface area contributed by atoms with Crippen molar-refractivity contribution in [3.05, 3.63) is 80.6 Å². The first-order chi connectivity index (χ1) is 12.5. The number of hydrogen-bond donors (Lipinski definition) is 1. The molecule has 4 rings (SSSR count). The van der Waals surface area contributed by atoms with Crippen LogP contribution in [0.25, 0.3) is 22.0 Å². The number of para-hydroxylation sites is 1. The highest BCUT2D eigenvalue weighted by molar-refractivity contribution is 7.14. The minimum Gasteiger partial charge on any atom is -0.477 e. The van der Waals surface area contributed by atoms with Gasteiger partial charge in [0.25, 0.3) is 0 Å². The average molecular weight is 402 g/mol. The van der Waals surface area contributed by atoms with Crippen LogP contribution in [-0.4, -0.2) is 15.6 Å². The molecule has 0 bridgehead atoms. The first-order valence-corrected chi connectivity index (χ1v) is 9.51. The maximum Gasteiger partial charge on any atom is 0.353 e. The van der Waals surface area contributed by atoms with Gasteiger partial charge in [-0.1, -0.05) is 53.5 Å². The van der Waals surface area contributed by atoms with E-state index in [0.717, 1.165) is 22.0 Å². The lowest BCUT2D eigenvalue weighted by Gasteiger charge is -2.09. The lowest BCUT2D eigenvalue weighted by molar-refractivity contribution is 0.0687. The van der Waals surface area contributed by atoms with Crippen molar-refractivity contribution in [2.24, 2.45) is 0 Å². The number of carboxylic acid groups (broad SMARTS) is 1. The minimum absolute atomic E-state index is 0.260. The molecular weight excluding hydrogens is 389 g/mol. The predicted octanol–water partition coefficient (Wildman–Crippen LogP) is 6.42. The Kier molecular flexibility index (Phi) is 4.49. The molecule has 4 aromatic rings. The second-order valence-corrected chi connectivity index (χ2v) is 7.88. The lowest BCUT2D eigenvalue weighted by Crippen LogP contribution is -2.10.